The van der Waals surface area contributed by atoms with E-state index in [1.54, 1.807) is 18.3 Å². The van der Waals surface area contributed by atoms with Crippen molar-refractivity contribution in [3.63, 3.8) is 0 Å². The molecule has 1 aromatic heterocycles. The maximum absolute atomic E-state index is 12.9. The highest BCUT2D eigenvalue weighted by Gasteiger charge is 2.26. The predicted molar refractivity (Wildman–Crippen MR) is 83.3 cm³/mol. The van der Waals surface area contributed by atoms with E-state index in [0.29, 0.717) is 32.5 Å². The van der Waals surface area contributed by atoms with Gasteiger partial charge in [-0.2, -0.15) is 0 Å². The fourth-order valence-electron chi connectivity index (χ4n) is 2.70. The van der Waals surface area contributed by atoms with Crippen LogP contribution in [0.25, 0.3) is 0 Å². The van der Waals surface area contributed by atoms with Gasteiger partial charge in [0.1, 0.15) is 17.7 Å². The number of imidazole rings is 1. The summed E-state index contributed by atoms with van der Waals surface area (Å²) in [7, 11) is 0. The number of aromatic nitrogens is 2. The highest BCUT2D eigenvalue weighted by atomic mass is 19.1. The molecule has 122 valence electrons. The van der Waals surface area contributed by atoms with E-state index in [4.69, 9.17) is 4.74 Å². The SMILES string of the molecule is Cc1cnc(C2CN(C(=O)CCc3ccc(F)cc3)CCO2)[nH]1. The summed E-state index contributed by atoms with van der Waals surface area (Å²) >= 11 is 0. The first-order chi connectivity index (χ1) is 11.1. The van der Waals surface area contributed by atoms with Gasteiger partial charge in [-0.1, -0.05) is 12.1 Å². The van der Waals surface area contributed by atoms with Crippen LogP contribution >= 0.6 is 0 Å². The summed E-state index contributed by atoms with van der Waals surface area (Å²) in [6, 6.07) is 6.28. The van der Waals surface area contributed by atoms with Gasteiger partial charge in [-0.15, -0.1) is 0 Å². The lowest BCUT2D eigenvalue weighted by Gasteiger charge is -2.32. The molecule has 1 unspecified atom stereocenters. The van der Waals surface area contributed by atoms with Crippen LogP contribution in [0.1, 0.15) is 29.6 Å². The van der Waals surface area contributed by atoms with Crippen LogP contribution in [0.5, 0.6) is 0 Å². The first-order valence-corrected chi connectivity index (χ1v) is 7.77. The number of nitrogens with zero attached hydrogens (tertiary/aromatic N) is 2. The maximum atomic E-state index is 12.9. The van der Waals surface area contributed by atoms with Crippen LogP contribution in [0.2, 0.25) is 0 Å². The van der Waals surface area contributed by atoms with Gasteiger partial charge in [-0.3, -0.25) is 4.79 Å². The summed E-state index contributed by atoms with van der Waals surface area (Å²) in [5.41, 5.74) is 1.94. The largest absolute Gasteiger partial charge is 0.367 e. The summed E-state index contributed by atoms with van der Waals surface area (Å²) in [4.78, 5) is 21.6. The quantitative estimate of drug-likeness (QED) is 0.942. The molecule has 1 amide bonds. The van der Waals surface area contributed by atoms with Crippen LogP contribution < -0.4 is 0 Å². The molecule has 0 saturated carbocycles. The van der Waals surface area contributed by atoms with Crippen molar-refractivity contribution in [2.75, 3.05) is 19.7 Å². The number of hydrogen-bond donors (Lipinski definition) is 1. The van der Waals surface area contributed by atoms with Crippen LogP contribution in [0.15, 0.2) is 30.5 Å². The molecule has 1 fully saturated rings. The van der Waals surface area contributed by atoms with Crippen LogP contribution in [0.3, 0.4) is 0 Å². The van der Waals surface area contributed by atoms with E-state index in [1.807, 2.05) is 11.8 Å². The van der Waals surface area contributed by atoms with Gasteiger partial charge in [-0.05, 0) is 31.0 Å². The minimum absolute atomic E-state index is 0.0888. The second-order valence-corrected chi connectivity index (χ2v) is 5.78. The lowest BCUT2D eigenvalue weighted by Crippen LogP contribution is -2.42. The maximum Gasteiger partial charge on any atom is 0.223 e. The number of ether oxygens (including phenoxy) is 1. The number of aryl methyl sites for hydroxylation is 2. The molecule has 2 heterocycles. The Morgan fingerprint density at radius 2 is 2.22 bits per heavy atom. The van der Waals surface area contributed by atoms with E-state index in [9.17, 15) is 9.18 Å². The second-order valence-electron chi connectivity index (χ2n) is 5.78. The number of halogens is 1. The number of benzene rings is 1. The van der Waals surface area contributed by atoms with E-state index in [1.165, 1.54) is 12.1 Å². The molecule has 6 heteroatoms. The predicted octanol–water partition coefficient (Wildman–Crippen LogP) is 2.39. The number of morpholine rings is 1. The number of amides is 1. The Balaban J connectivity index is 1.55. The van der Waals surface area contributed by atoms with Crippen molar-refractivity contribution in [3.05, 3.63) is 53.4 Å². The van der Waals surface area contributed by atoms with E-state index in [2.05, 4.69) is 9.97 Å². The van der Waals surface area contributed by atoms with Crippen molar-refractivity contribution in [2.45, 2.75) is 25.9 Å². The molecule has 1 atom stereocenters. The van der Waals surface area contributed by atoms with Crippen molar-refractivity contribution in [2.24, 2.45) is 0 Å². The Morgan fingerprint density at radius 1 is 1.43 bits per heavy atom. The molecule has 0 aliphatic carbocycles. The van der Waals surface area contributed by atoms with Crippen LogP contribution in [0, 0.1) is 12.7 Å². The number of H-pyrrole nitrogens is 1. The zero-order chi connectivity index (χ0) is 16.2. The summed E-state index contributed by atoms with van der Waals surface area (Å²) in [5, 5.41) is 0. The number of nitrogens with one attached hydrogen (secondary N) is 1. The normalized spacial score (nSPS) is 18.2. The third kappa shape index (κ3) is 3.96. The number of aromatic amines is 1. The fraction of sp³-hybridized carbons (Fsp3) is 0.412. The van der Waals surface area contributed by atoms with E-state index in [-0.39, 0.29) is 17.8 Å². The molecule has 0 spiro atoms. The van der Waals surface area contributed by atoms with E-state index < -0.39 is 0 Å². The van der Waals surface area contributed by atoms with Crippen molar-refractivity contribution >= 4 is 5.91 Å². The molecule has 1 aliphatic rings. The fourth-order valence-corrected chi connectivity index (χ4v) is 2.70. The molecular formula is C17H20FN3O2. The van der Waals surface area contributed by atoms with Gasteiger partial charge in [0.2, 0.25) is 5.91 Å². The Bertz CT molecular complexity index is 669. The smallest absolute Gasteiger partial charge is 0.223 e. The Hall–Kier alpha value is -2.21. The van der Waals surface area contributed by atoms with Gasteiger partial charge in [0.25, 0.3) is 0 Å². The van der Waals surface area contributed by atoms with E-state index in [0.717, 1.165) is 17.1 Å². The molecule has 1 aliphatic heterocycles. The zero-order valence-corrected chi connectivity index (χ0v) is 13.1. The third-order valence-electron chi connectivity index (χ3n) is 3.99. The molecule has 2 aromatic rings. The molecule has 3 rings (SSSR count). The van der Waals surface area contributed by atoms with Crippen LogP contribution in [-0.2, 0) is 16.0 Å². The number of carbonyl (C=O) groups excluding carboxylic acids is 1. The molecule has 1 saturated heterocycles. The number of hydrogen-bond acceptors (Lipinski definition) is 3. The van der Waals surface area contributed by atoms with Gasteiger partial charge in [0.15, 0.2) is 0 Å². The zero-order valence-electron chi connectivity index (χ0n) is 13.1. The summed E-state index contributed by atoms with van der Waals surface area (Å²) in [6.07, 6.45) is 2.58. The van der Waals surface area contributed by atoms with E-state index >= 15 is 0 Å². The lowest BCUT2D eigenvalue weighted by molar-refractivity contribution is -0.139. The lowest BCUT2D eigenvalue weighted by atomic mass is 10.1. The average molecular weight is 317 g/mol. The van der Waals surface area contributed by atoms with Crippen molar-refractivity contribution in [1.82, 2.24) is 14.9 Å². The van der Waals surface area contributed by atoms with Crippen molar-refractivity contribution in [1.29, 1.82) is 0 Å². The second kappa shape index (κ2) is 6.91. The Morgan fingerprint density at radius 3 is 2.91 bits per heavy atom. The summed E-state index contributed by atoms with van der Waals surface area (Å²) in [6.45, 7) is 3.55. The minimum atomic E-state index is -0.259. The molecule has 0 radical (unpaired) electrons. The van der Waals surface area contributed by atoms with Crippen molar-refractivity contribution < 1.29 is 13.9 Å². The molecule has 0 bridgehead atoms. The third-order valence-corrected chi connectivity index (χ3v) is 3.99. The molecule has 1 N–H and O–H groups in total. The highest BCUT2D eigenvalue weighted by molar-refractivity contribution is 5.76. The Kier molecular flexibility index (Phi) is 4.71. The van der Waals surface area contributed by atoms with Crippen molar-refractivity contribution in [3.8, 4) is 0 Å². The average Bonchev–Trinajstić information content (AvgIpc) is 3.01. The van der Waals surface area contributed by atoms with Gasteiger partial charge in [0, 0.05) is 24.9 Å². The first kappa shape index (κ1) is 15.7. The Labute approximate surface area is 134 Å². The molecule has 5 nitrogen and oxygen atoms in total. The molecule has 1 aromatic carbocycles. The van der Waals surface area contributed by atoms with Gasteiger partial charge in [-0.25, -0.2) is 9.37 Å². The van der Waals surface area contributed by atoms with Crippen LogP contribution in [-0.4, -0.2) is 40.5 Å². The topological polar surface area (TPSA) is 58.2 Å². The summed E-state index contributed by atoms with van der Waals surface area (Å²) in [5.74, 6) is 0.592. The minimum Gasteiger partial charge on any atom is -0.367 e. The standard InChI is InChI=1S/C17H20FN3O2/c1-12-10-19-17(20-12)15-11-21(8-9-23-15)16(22)7-4-13-2-5-14(18)6-3-13/h2-3,5-6,10,15H,4,7-9,11H2,1H3,(H,19,20). The molecular weight excluding hydrogens is 297 g/mol. The summed E-state index contributed by atoms with van der Waals surface area (Å²) < 4.78 is 18.6. The first-order valence-electron chi connectivity index (χ1n) is 7.77. The van der Waals surface area contributed by atoms with Gasteiger partial charge >= 0.3 is 0 Å². The number of rotatable bonds is 4. The van der Waals surface area contributed by atoms with Gasteiger partial charge < -0.3 is 14.6 Å². The van der Waals surface area contributed by atoms with Gasteiger partial charge in [0.05, 0.1) is 13.2 Å². The van der Waals surface area contributed by atoms with Crippen LogP contribution in [0.4, 0.5) is 4.39 Å². The highest BCUT2D eigenvalue weighted by Crippen LogP contribution is 2.20. The number of carbonyl (C=O) groups is 1. The monoisotopic (exact) mass is 317 g/mol. The molecule has 23 heavy (non-hydrogen) atoms.